The summed E-state index contributed by atoms with van der Waals surface area (Å²) >= 11 is 0. The van der Waals surface area contributed by atoms with Gasteiger partial charge in [0.25, 0.3) is 0 Å². The molecular weight excluding hydrogens is 192 g/mol. The summed E-state index contributed by atoms with van der Waals surface area (Å²) < 4.78 is 7.07. The highest BCUT2D eigenvalue weighted by Gasteiger charge is 2.31. The van der Waals surface area contributed by atoms with Crippen LogP contribution in [0.15, 0.2) is 6.20 Å². The Hall–Kier alpha value is -1.16. The topological polar surface area (TPSA) is 44.1 Å². The van der Waals surface area contributed by atoms with E-state index in [0.29, 0.717) is 6.61 Å². The summed E-state index contributed by atoms with van der Waals surface area (Å²) in [6, 6.07) is 0. The first-order chi connectivity index (χ1) is 7.09. The van der Waals surface area contributed by atoms with E-state index in [9.17, 15) is 4.79 Å². The molecule has 2 atom stereocenters. The van der Waals surface area contributed by atoms with Gasteiger partial charge < -0.3 is 4.74 Å². The van der Waals surface area contributed by atoms with Gasteiger partial charge in [-0.25, -0.2) is 0 Å². The van der Waals surface area contributed by atoms with E-state index in [4.69, 9.17) is 4.74 Å². The van der Waals surface area contributed by atoms with Crippen LogP contribution in [-0.2, 0) is 11.8 Å². The maximum atomic E-state index is 12.2. The normalized spacial score (nSPS) is 25.8. The number of aromatic nitrogens is 2. The third-order valence-corrected chi connectivity index (χ3v) is 2.92. The molecule has 4 nitrogen and oxygen atoms in total. The highest BCUT2D eigenvalue weighted by Crippen LogP contribution is 2.24. The fraction of sp³-hybridized carbons (Fsp3) is 0.636. The summed E-state index contributed by atoms with van der Waals surface area (Å²) in [6.07, 6.45) is 2.75. The Labute approximate surface area is 89.2 Å². The second-order valence-corrected chi connectivity index (χ2v) is 4.24. The molecule has 1 aromatic heterocycles. The van der Waals surface area contributed by atoms with E-state index >= 15 is 0 Å². The van der Waals surface area contributed by atoms with Crippen molar-refractivity contribution < 1.29 is 9.53 Å². The maximum Gasteiger partial charge on any atom is 0.186 e. The Morgan fingerprint density at radius 3 is 2.87 bits per heavy atom. The van der Waals surface area contributed by atoms with Crippen LogP contribution in [-0.4, -0.2) is 28.3 Å². The van der Waals surface area contributed by atoms with Crippen molar-refractivity contribution in [2.45, 2.75) is 26.4 Å². The lowest BCUT2D eigenvalue weighted by Gasteiger charge is -2.07. The maximum absolute atomic E-state index is 12.2. The van der Waals surface area contributed by atoms with Gasteiger partial charge in [0.05, 0.1) is 18.9 Å². The number of aryl methyl sites for hydroxylation is 2. The van der Waals surface area contributed by atoms with Gasteiger partial charge >= 0.3 is 0 Å². The Morgan fingerprint density at radius 2 is 2.40 bits per heavy atom. The quantitative estimate of drug-likeness (QED) is 0.689. The Bertz CT molecular complexity index is 364. The number of carbonyl (C=O) groups is 1. The third-order valence-electron chi connectivity index (χ3n) is 2.92. The number of rotatable bonds is 2. The number of Topliss-reactive ketones (excluding diaryl/α,β-unsaturated/α-hetero) is 1. The fourth-order valence-electron chi connectivity index (χ4n) is 2.09. The molecule has 15 heavy (non-hydrogen) atoms. The van der Waals surface area contributed by atoms with Crippen molar-refractivity contribution in [2.75, 3.05) is 6.61 Å². The highest BCUT2D eigenvalue weighted by molar-refractivity contribution is 5.97. The van der Waals surface area contributed by atoms with Crippen molar-refractivity contribution in [1.82, 2.24) is 9.78 Å². The number of carbonyl (C=O) groups excluding carboxylic acids is 1. The van der Waals surface area contributed by atoms with E-state index in [2.05, 4.69) is 5.10 Å². The summed E-state index contributed by atoms with van der Waals surface area (Å²) in [5, 5.41) is 4.08. The van der Waals surface area contributed by atoms with Crippen molar-refractivity contribution in [1.29, 1.82) is 0 Å². The SMILES string of the molecule is Cc1cnn(C)c1C(=O)C1COC(C)C1. The number of ether oxygens (including phenoxy) is 1. The molecule has 0 radical (unpaired) electrons. The molecular formula is C11H16N2O2. The molecule has 1 saturated heterocycles. The minimum Gasteiger partial charge on any atom is -0.378 e. The van der Waals surface area contributed by atoms with Gasteiger partial charge in [-0.15, -0.1) is 0 Å². The molecule has 1 aliphatic heterocycles. The molecule has 0 bridgehead atoms. The number of hydrogen-bond donors (Lipinski definition) is 0. The first-order valence-corrected chi connectivity index (χ1v) is 5.24. The van der Waals surface area contributed by atoms with Gasteiger partial charge in [0.1, 0.15) is 5.69 Å². The van der Waals surface area contributed by atoms with Crippen LogP contribution in [0.5, 0.6) is 0 Å². The molecule has 1 aromatic rings. The van der Waals surface area contributed by atoms with Crippen LogP contribution in [0.4, 0.5) is 0 Å². The molecule has 4 heteroatoms. The van der Waals surface area contributed by atoms with Crippen molar-refractivity contribution in [3.63, 3.8) is 0 Å². The summed E-state index contributed by atoms with van der Waals surface area (Å²) in [4.78, 5) is 12.2. The highest BCUT2D eigenvalue weighted by atomic mass is 16.5. The van der Waals surface area contributed by atoms with Gasteiger partial charge in [-0.05, 0) is 25.8 Å². The molecule has 2 heterocycles. The summed E-state index contributed by atoms with van der Waals surface area (Å²) in [6.45, 7) is 4.47. The Morgan fingerprint density at radius 1 is 1.67 bits per heavy atom. The lowest BCUT2D eigenvalue weighted by atomic mass is 9.97. The summed E-state index contributed by atoms with van der Waals surface area (Å²) in [7, 11) is 1.81. The van der Waals surface area contributed by atoms with Crippen molar-refractivity contribution in [3.05, 3.63) is 17.5 Å². The smallest absolute Gasteiger partial charge is 0.186 e. The van der Waals surface area contributed by atoms with Crippen molar-refractivity contribution in [2.24, 2.45) is 13.0 Å². The minimum atomic E-state index is 0.00843. The second kappa shape index (κ2) is 3.77. The molecule has 0 aromatic carbocycles. The molecule has 0 amide bonds. The molecule has 0 saturated carbocycles. The van der Waals surface area contributed by atoms with Crippen molar-refractivity contribution in [3.8, 4) is 0 Å². The van der Waals surface area contributed by atoms with E-state index < -0.39 is 0 Å². The fourth-order valence-corrected chi connectivity index (χ4v) is 2.09. The average molecular weight is 208 g/mol. The molecule has 0 spiro atoms. The van der Waals surface area contributed by atoms with E-state index in [-0.39, 0.29) is 17.8 Å². The van der Waals surface area contributed by atoms with Crippen LogP contribution in [0.25, 0.3) is 0 Å². The van der Waals surface area contributed by atoms with Crippen LogP contribution < -0.4 is 0 Å². The summed E-state index contributed by atoms with van der Waals surface area (Å²) in [5.41, 5.74) is 1.67. The first-order valence-electron chi connectivity index (χ1n) is 5.24. The van der Waals surface area contributed by atoms with Gasteiger partial charge in [0.2, 0.25) is 0 Å². The Kier molecular flexibility index (Phi) is 2.61. The van der Waals surface area contributed by atoms with Crippen LogP contribution in [0.1, 0.15) is 29.4 Å². The van der Waals surface area contributed by atoms with Crippen LogP contribution in [0.3, 0.4) is 0 Å². The number of nitrogens with zero attached hydrogens (tertiary/aromatic N) is 2. The van der Waals surface area contributed by atoms with E-state index in [1.807, 2.05) is 13.8 Å². The zero-order chi connectivity index (χ0) is 11.0. The van der Waals surface area contributed by atoms with Gasteiger partial charge in [-0.2, -0.15) is 5.10 Å². The standard InChI is InChI=1S/C11H16N2O2/c1-7-5-12-13(3)10(7)11(14)9-4-8(2)15-6-9/h5,8-9H,4,6H2,1-3H3. The molecule has 2 unspecified atom stereocenters. The lowest BCUT2D eigenvalue weighted by molar-refractivity contribution is 0.0868. The average Bonchev–Trinajstić information content (AvgIpc) is 2.73. The van der Waals surface area contributed by atoms with E-state index in [1.54, 1.807) is 17.9 Å². The number of ketones is 1. The zero-order valence-corrected chi connectivity index (χ0v) is 9.36. The van der Waals surface area contributed by atoms with Crippen LogP contribution >= 0.6 is 0 Å². The molecule has 2 rings (SSSR count). The lowest BCUT2D eigenvalue weighted by Crippen LogP contribution is -2.19. The van der Waals surface area contributed by atoms with Gasteiger partial charge in [0, 0.05) is 13.0 Å². The second-order valence-electron chi connectivity index (χ2n) is 4.24. The monoisotopic (exact) mass is 208 g/mol. The van der Waals surface area contributed by atoms with Crippen molar-refractivity contribution >= 4 is 5.78 Å². The molecule has 0 aliphatic carbocycles. The molecule has 1 aliphatic rings. The largest absolute Gasteiger partial charge is 0.378 e. The van der Waals surface area contributed by atoms with E-state index in [1.165, 1.54) is 0 Å². The Balaban J connectivity index is 2.21. The van der Waals surface area contributed by atoms with Gasteiger partial charge in [-0.1, -0.05) is 0 Å². The third kappa shape index (κ3) is 1.81. The van der Waals surface area contributed by atoms with E-state index in [0.717, 1.165) is 17.7 Å². The predicted octanol–water partition coefficient (Wildman–Crippen LogP) is 1.34. The molecule has 0 N–H and O–H groups in total. The van der Waals surface area contributed by atoms with Crippen LogP contribution in [0, 0.1) is 12.8 Å². The van der Waals surface area contributed by atoms with Gasteiger partial charge in [-0.3, -0.25) is 9.48 Å². The predicted molar refractivity (Wildman–Crippen MR) is 55.8 cm³/mol. The first kappa shape index (κ1) is 10.4. The summed E-state index contributed by atoms with van der Waals surface area (Å²) in [5.74, 6) is 0.172. The molecule has 82 valence electrons. The minimum absolute atomic E-state index is 0.00843. The van der Waals surface area contributed by atoms with Crippen LogP contribution in [0.2, 0.25) is 0 Å². The zero-order valence-electron chi connectivity index (χ0n) is 9.36. The number of hydrogen-bond acceptors (Lipinski definition) is 3. The van der Waals surface area contributed by atoms with Gasteiger partial charge in [0.15, 0.2) is 5.78 Å². The molecule has 1 fully saturated rings.